The summed E-state index contributed by atoms with van der Waals surface area (Å²) in [6.45, 7) is 3.27. The number of carbonyl (C=O) groups is 1. The summed E-state index contributed by atoms with van der Waals surface area (Å²) in [4.78, 5) is 25.5. The summed E-state index contributed by atoms with van der Waals surface area (Å²) in [7, 11) is 0. The number of fused-ring (bicyclic) bond motifs is 3. The Morgan fingerprint density at radius 1 is 1.09 bits per heavy atom. The third-order valence-corrected chi connectivity index (χ3v) is 6.63. The summed E-state index contributed by atoms with van der Waals surface area (Å²) in [5.74, 6) is 0.650. The molecule has 7 nitrogen and oxygen atoms in total. The van der Waals surface area contributed by atoms with Crippen LogP contribution in [0.15, 0.2) is 58.5 Å². The van der Waals surface area contributed by atoms with E-state index in [-0.39, 0.29) is 17.2 Å². The lowest BCUT2D eigenvalue weighted by Gasteiger charge is -2.11. The minimum Gasteiger partial charge on any atom is -0.355 e. The lowest BCUT2D eigenvalue weighted by Crippen LogP contribution is -2.27. The molecule has 9 heteroatoms. The topological polar surface area (TPSA) is 81.3 Å². The van der Waals surface area contributed by atoms with Crippen LogP contribution >= 0.6 is 23.4 Å². The number of nitrogens with one attached hydrogen (secondary N) is 1. The molecule has 0 radical (unpaired) electrons. The number of aromatic nitrogens is 4. The van der Waals surface area contributed by atoms with Gasteiger partial charge in [0.2, 0.25) is 11.7 Å². The van der Waals surface area contributed by atoms with Gasteiger partial charge in [-0.15, -0.1) is 10.2 Å². The summed E-state index contributed by atoms with van der Waals surface area (Å²) >= 11 is 7.22. The fraction of sp³-hybridized carbons (Fsp3) is 0.333. The number of rotatable bonds is 10. The Kier molecular flexibility index (Phi) is 7.67. The van der Waals surface area contributed by atoms with Crippen molar-refractivity contribution < 1.29 is 4.79 Å². The number of nitrogens with zero attached hydrogens (tertiary/aromatic N) is 4. The molecule has 0 aliphatic rings. The lowest BCUT2D eigenvalue weighted by molar-refractivity contribution is -0.118. The van der Waals surface area contributed by atoms with Crippen molar-refractivity contribution >= 4 is 46.0 Å². The second-order valence-electron chi connectivity index (χ2n) is 7.81. The van der Waals surface area contributed by atoms with Crippen molar-refractivity contribution in [2.75, 3.05) is 12.3 Å². The highest BCUT2D eigenvalue weighted by Crippen LogP contribution is 2.21. The van der Waals surface area contributed by atoms with Crippen molar-refractivity contribution in [2.24, 2.45) is 0 Å². The molecule has 0 aliphatic heterocycles. The summed E-state index contributed by atoms with van der Waals surface area (Å²) in [5.41, 5.74) is 1.81. The first-order valence-corrected chi connectivity index (χ1v) is 12.5. The van der Waals surface area contributed by atoms with Crippen molar-refractivity contribution in [3.63, 3.8) is 0 Å². The SMILES string of the molecule is CCCCCn1c(=O)c2ccccc2n2c(SCC(=O)NCCc3ccc(Cl)cc3)nnc12. The fourth-order valence-corrected chi connectivity index (χ4v) is 4.62. The predicted octanol–water partition coefficient (Wildman–Crippen LogP) is 4.34. The van der Waals surface area contributed by atoms with Gasteiger partial charge >= 0.3 is 0 Å². The zero-order chi connectivity index (χ0) is 23.2. The summed E-state index contributed by atoms with van der Waals surface area (Å²) in [6, 6.07) is 15.1. The standard InChI is InChI=1S/C24H26ClN5O2S/c1-2-3-6-15-29-22(32)19-7-4-5-8-20(19)30-23(29)27-28-24(30)33-16-21(31)26-14-13-17-9-11-18(25)12-10-17/h4-5,7-12H,2-3,6,13-16H2,1H3,(H,26,31). The molecule has 2 aromatic carbocycles. The third kappa shape index (κ3) is 5.39. The molecule has 0 aliphatic carbocycles. The number of benzene rings is 2. The number of para-hydroxylation sites is 1. The highest BCUT2D eigenvalue weighted by Gasteiger charge is 2.17. The highest BCUT2D eigenvalue weighted by atomic mass is 35.5. The first-order chi connectivity index (χ1) is 16.1. The van der Waals surface area contributed by atoms with Crippen molar-refractivity contribution in [3.8, 4) is 0 Å². The van der Waals surface area contributed by atoms with E-state index < -0.39 is 0 Å². The average Bonchev–Trinajstić information content (AvgIpc) is 3.25. The molecule has 0 atom stereocenters. The molecule has 172 valence electrons. The Morgan fingerprint density at radius 2 is 1.88 bits per heavy atom. The van der Waals surface area contributed by atoms with E-state index in [4.69, 9.17) is 11.6 Å². The maximum atomic E-state index is 13.1. The van der Waals surface area contributed by atoms with Crippen LogP contribution in [-0.4, -0.2) is 37.4 Å². The number of hydrogen-bond acceptors (Lipinski definition) is 5. The van der Waals surface area contributed by atoms with E-state index in [1.807, 2.05) is 52.9 Å². The van der Waals surface area contributed by atoms with Crippen molar-refractivity contribution in [2.45, 2.75) is 44.3 Å². The monoisotopic (exact) mass is 483 g/mol. The normalized spacial score (nSPS) is 11.3. The van der Waals surface area contributed by atoms with Crippen LogP contribution in [0, 0.1) is 0 Å². The van der Waals surface area contributed by atoms with Crippen molar-refractivity contribution in [1.82, 2.24) is 24.5 Å². The maximum Gasteiger partial charge on any atom is 0.262 e. The summed E-state index contributed by atoms with van der Waals surface area (Å²) in [6.07, 6.45) is 3.74. The molecular formula is C24H26ClN5O2S. The Balaban J connectivity index is 1.49. The number of aryl methyl sites for hydroxylation is 1. The smallest absolute Gasteiger partial charge is 0.262 e. The lowest BCUT2D eigenvalue weighted by atomic mass is 10.1. The van der Waals surface area contributed by atoms with Gasteiger partial charge in [-0.2, -0.15) is 0 Å². The number of carbonyl (C=O) groups excluding carboxylic acids is 1. The van der Waals surface area contributed by atoms with Crippen LogP contribution in [0.25, 0.3) is 16.7 Å². The van der Waals surface area contributed by atoms with Gasteiger partial charge in [-0.1, -0.05) is 67.4 Å². The number of halogens is 1. The predicted molar refractivity (Wildman–Crippen MR) is 133 cm³/mol. The molecule has 0 spiro atoms. The van der Waals surface area contributed by atoms with Gasteiger partial charge in [-0.25, -0.2) is 0 Å². The molecule has 1 N–H and O–H groups in total. The minimum absolute atomic E-state index is 0.0573. The van der Waals surface area contributed by atoms with Crippen LogP contribution in [0.3, 0.4) is 0 Å². The van der Waals surface area contributed by atoms with Gasteiger partial charge < -0.3 is 5.32 Å². The maximum absolute atomic E-state index is 13.1. The second kappa shape index (κ2) is 10.9. The highest BCUT2D eigenvalue weighted by molar-refractivity contribution is 7.99. The van der Waals surface area contributed by atoms with Crippen LogP contribution in [-0.2, 0) is 17.8 Å². The van der Waals surface area contributed by atoms with Crippen molar-refractivity contribution in [1.29, 1.82) is 0 Å². The van der Waals surface area contributed by atoms with Gasteiger partial charge in [0.05, 0.1) is 16.7 Å². The molecule has 2 aromatic heterocycles. The largest absolute Gasteiger partial charge is 0.355 e. The molecule has 0 fully saturated rings. The van der Waals surface area contributed by atoms with Gasteiger partial charge in [0.1, 0.15) is 0 Å². The van der Waals surface area contributed by atoms with E-state index in [2.05, 4.69) is 22.4 Å². The number of amides is 1. The number of unbranched alkanes of at least 4 members (excludes halogenated alkanes) is 2. The quantitative estimate of drug-likeness (QED) is 0.268. The molecule has 0 unspecified atom stereocenters. The van der Waals surface area contributed by atoms with Gasteiger partial charge in [-0.3, -0.25) is 18.6 Å². The minimum atomic E-state index is -0.0775. The van der Waals surface area contributed by atoms with E-state index in [9.17, 15) is 9.59 Å². The van der Waals surface area contributed by atoms with Gasteiger partial charge in [0, 0.05) is 18.1 Å². The zero-order valence-corrected chi connectivity index (χ0v) is 20.0. The van der Waals surface area contributed by atoms with Gasteiger partial charge in [-0.05, 0) is 42.7 Å². The molecular weight excluding hydrogens is 458 g/mol. The third-order valence-electron chi connectivity index (χ3n) is 5.44. The van der Waals surface area contributed by atoms with Crippen LogP contribution in [0.4, 0.5) is 0 Å². The van der Waals surface area contributed by atoms with Crippen LogP contribution in [0.5, 0.6) is 0 Å². The molecule has 0 bridgehead atoms. The summed E-state index contributed by atoms with van der Waals surface area (Å²) < 4.78 is 3.58. The molecule has 4 rings (SSSR count). The number of thioether (sulfide) groups is 1. The summed E-state index contributed by atoms with van der Waals surface area (Å²) in [5, 5.41) is 13.5. The van der Waals surface area contributed by atoms with Crippen LogP contribution in [0.2, 0.25) is 5.02 Å². The average molecular weight is 484 g/mol. The molecule has 33 heavy (non-hydrogen) atoms. The Hall–Kier alpha value is -2.84. The Bertz CT molecular complexity index is 1320. The zero-order valence-electron chi connectivity index (χ0n) is 18.5. The van der Waals surface area contributed by atoms with Gasteiger partial charge in [0.25, 0.3) is 5.56 Å². The molecule has 1 amide bonds. The van der Waals surface area contributed by atoms with E-state index in [0.717, 1.165) is 36.8 Å². The van der Waals surface area contributed by atoms with Gasteiger partial charge in [0.15, 0.2) is 5.16 Å². The first-order valence-electron chi connectivity index (χ1n) is 11.1. The molecule has 2 heterocycles. The van der Waals surface area contributed by atoms with Crippen molar-refractivity contribution in [3.05, 3.63) is 69.5 Å². The van der Waals surface area contributed by atoms with E-state index in [1.165, 1.54) is 11.8 Å². The Morgan fingerprint density at radius 3 is 2.67 bits per heavy atom. The second-order valence-corrected chi connectivity index (χ2v) is 9.19. The molecule has 4 aromatic rings. The Labute approximate surface area is 201 Å². The first kappa shape index (κ1) is 23.3. The van der Waals surface area contributed by atoms with E-state index >= 15 is 0 Å². The molecule has 0 saturated carbocycles. The van der Waals surface area contributed by atoms with E-state index in [0.29, 0.717) is 34.4 Å². The van der Waals surface area contributed by atoms with Crippen LogP contribution < -0.4 is 10.9 Å². The number of hydrogen-bond donors (Lipinski definition) is 1. The fourth-order valence-electron chi connectivity index (χ4n) is 3.73. The van der Waals surface area contributed by atoms with Crippen LogP contribution in [0.1, 0.15) is 31.7 Å². The van der Waals surface area contributed by atoms with E-state index in [1.54, 1.807) is 4.57 Å². The molecule has 0 saturated heterocycles.